The molecule has 0 fully saturated rings. The van der Waals surface area contributed by atoms with Crippen LogP contribution in [0, 0.1) is 0 Å². The molecule has 0 radical (unpaired) electrons. The van der Waals surface area contributed by atoms with Crippen LogP contribution in [0.3, 0.4) is 0 Å². The Balaban J connectivity index is 2.02. The topological polar surface area (TPSA) is 24.9 Å². The number of rotatable bonds is 5. The van der Waals surface area contributed by atoms with Crippen molar-refractivity contribution in [2.75, 3.05) is 13.1 Å². The van der Waals surface area contributed by atoms with Gasteiger partial charge >= 0.3 is 0 Å². The Morgan fingerprint density at radius 3 is 3.00 bits per heavy atom. The van der Waals surface area contributed by atoms with Gasteiger partial charge < -0.3 is 5.32 Å². The Kier molecular flexibility index (Phi) is 3.89. The highest BCUT2D eigenvalue weighted by Crippen LogP contribution is 2.13. The molecule has 0 aliphatic heterocycles. The number of benzene rings is 1. The second kappa shape index (κ2) is 5.61. The molecular formula is C14H18N2. The Morgan fingerprint density at radius 2 is 2.12 bits per heavy atom. The number of aromatic nitrogens is 1. The Bertz CT molecular complexity index is 451. The van der Waals surface area contributed by atoms with Crippen molar-refractivity contribution >= 4 is 10.9 Å². The molecule has 1 heterocycles. The summed E-state index contributed by atoms with van der Waals surface area (Å²) in [7, 11) is 0. The largest absolute Gasteiger partial charge is 0.316 e. The highest BCUT2D eigenvalue weighted by molar-refractivity contribution is 5.78. The third kappa shape index (κ3) is 2.80. The van der Waals surface area contributed by atoms with E-state index in [1.165, 1.54) is 17.4 Å². The summed E-state index contributed by atoms with van der Waals surface area (Å²) in [5.41, 5.74) is 2.45. The highest BCUT2D eigenvalue weighted by Gasteiger charge is 1.96. The zero-order chi connectivity index (χ0) is 11.2. The molecule has 2 heteroatoms. The van der Waals surface area contributed by atoms with Gasteiger partial charge in [0, 0.05) is 11.6 Å². The maximum Gasteiger partial charge on any atom is 0.0704 e. The van der Waals surface area contributed by atoms with Gasteiger partial charge in [-0.15, -0.1) is 0 Å². The average molecular weight is 214 g/mol. The van der Waals surface area contributed by atoms with Crippen LogP contribution < -0.4 is 5.32 Å². The molecule has 1 N–H and O–H groups in total. The van der Waals surface area contributed by atoms with E-state index in [0.29, 0.717) is 0 Å². The summed E-state index contributed by atoms with van der Waals surface area (Å²) in [5, 5.41) is 4.63. The Morgan fingerprint density at radius 1 is 1.19 bits per heavy atom. The molecule has 0 aliphatic carbocycles. The third-order valence-electron chi connectivity index (χ3n) is 2.69. The maximum absolute atomic E-state index is 4.37. The van der Waals surface area contributed by atoms with Crippen molar-refractivity contribution in [2.24, 2.45) is 0 Å². The SMILES string of the molecule is CCCNCCc1ccc2cccnc2c1. The van der Waals surface area contributed by atoms with Crippen molar-refractivity contribution < 1.29 is 0 Å². The quantitative estimate of drug-likeness (QED) is 0.774. The molecule has 16 heavy (non-hydrogen) atoms. The molecule has 0 spiro atoms. The van der Waals surface area contributed by atoms with Gasteiger partial charge in [-0.05, 0) is 43.6 Å². The molecule has 1 aromatic heterocycles. The highest BCUT2D eigenvalue weighted by atomic mass is 14.8. The van der Waals surface area contributed by atoms with Crippen molar-refractivity contribution in [2.45, 2.75) is 19.8 Å². The van der Waals surface area contributed by atoms with E-state index in [4.69, 9.17) is 0 Å². The van der Waals surface area contributed by atoms with Gasteiger partial charge in [0.25, 0.3) is 0 Å². The van der Waals surface area contributed by atoms with Gasteiger partial charge in [-0.25, -0.2) is 0 Å². The lowest BCUT2D eigenvalue weighted by atomic mass is 10.1. The molecule has 2 nitrogen and oxygen atoms in total. The van der Waals surface area contributed by atoms with Crippen LogP contribution in [-0.2, 0) is 6.42 Å². The Labute approximate surface area is 96.7 Å². The predicted molar refractivity (Wildman–Crippen MR) is 68.6 cm³/mol. The lowest BCUT2D eigenvalue weighted by molar-refractivity contribution is 0.671. The summed E-state index contributed by atoms with van der Waals surface area (Å²) in [4.78, 5) is 4.37. The third-order valence-corrected chi connectivity index (χ3v) is 2.69. The van der Waals surface area contributed by atoms with Gasteiger partial charge in [-0.3, -0.25) is 4.98 Å². The smallest absolute Gasteiger partial charge is 0.0704 e. The van der Waals surface area contributed by atoms with Gasteiger partial charge in [-0.2, -0.15) is 0 Å². The number of fused-ring (bicyclic) bond motifs is 1. The predicted octanol–water partition coefficient (Wildman–Crippen LogP) is 2.78. The standard InChI is InChI=1S/C14H18N2/c1-2-8-15-10-7-12-5-6-13-4-3-9-16-14(13)11-12/h3-6,9,11,15H,2,7-8,10H2,1H3. The summed E-state index contributed by atoms with van der Waals surface area (Å²) < 4.78 is 0. The number of nitrogens with zero attached hydrogens (tertiary/aromatic N) is 1. The van der Waals surface area contributed by atoms with Gasteiger partial charge in [0.15, 0.2) is 0 Å². The number of nitrogens with one attached hydrogen (secondary N) is 1. The molecule has 0 aliphatic rings. The van der Waals surface area contributed by atoms with E-state index in [-0.39, 0.29) is 0 Å². The first kappa shape index (κ1) is 11.1. The first-order valence-electron chi connectivity index (χ1n) is 5.94. The monoisotopic (exact) mass is 214 g/mol. The van der Waals surface area contributed by atoms with Crippen molar-refractivity contribution in [3.05, 3.63) is 42.1 Å². The van der Waals surface area contributed by atoms with Gasteiger partial charge in [0.1, 0.15) is 0 Å². The number of pyridine rings is 1. The Hall–Kier alpha value is -1.41. The first-order valence-corrected chi connectivity index (χ1v) is 5.94. The molecule has 1 aromatic carbocycles. The van der Waals surface area contributed by atoms with E-state index in [1.54, 1.807) is 0 Å². The van der Waals surface area contributed by atoms with Crippen LogP contribution >= 0.6 is 0 Å². The minimum atomic E-state index is 1.05. The average Bonchev–Trinajstić information content (AvgIpc) is 2.34. The lowest BCUT2D eigenvalue weighted by Gasteiger charge is -2.04. The molecule has 0 unspecified atom stereocenters. The van der Waals surface area contributed by atoms with Crippen molar-refractivity contribution in [3.63, 3.8) is 0 Å². The van der Waals surface area contributed by atoms with Gasteiger partial charge in [0.2, 0.25) is 0 Å². The van der Waals surface area contributed by atoms with E-state index in [0.717, 1.165) is 25.0 Å². The van der Waals surface area contributed by atoms with Crippen molar-refractivity contribution in [1.82, 2.24) is 10.3 Å². The van der Waals surface area contributed by atoms with Crippen LogP contribution in [0.25, 0.3) is 10.9 Å². The van der Waals surface area contributed by atoms with E-state index in [2.05, 4.69) is 41.5 Å². The fourth-order valence-electron chi connectivity index (χ4n) is 1.80. The maximum atomic E-state index is 4.37. The summed E-state index contributed by atoms with van der Waals surface area (Å²) in [6, 6.07) is 10.6. The zero-order valence-electron chi connectivity index (χ0n) is 9.74. The van der Waals surface area contributed by atoms with E-state index in [9.17, 15) is 0 Å². The van der Waals surface area contributed by atoms with Gasteiger partial charge in [-0.1, -0.05) is 25.1 Å². The second-order valence-electron chi connectivity index (χ2n) is 4.03. The molecule has 2 rings (SSSR count). The van der Waals surface area contributed by atoms with Crippen LogP contribution in [0.4, 0.5) is 0 Å². The molecule has 0 bridgehead atoms. The summed E-state index contributed by atoms with van der Waals surface area (Å²) in [6.45, 7) is 4.34. The molecule has 0 saturated carbocycles. The van der Waals surface area contributed by atoms with Crippen LogP contribution in [-0.4, -0.2) is 18.1 Å². The van der Waals surface area contributed by atoms with Crippen molar-refractivity contribution in [3.8, 4) is 0 Å². The van der Waals surface area contributed by atoms with E-state index >= 15 is 0 Å². The number of hydrogen-bond acceptors (Lipinski definition) is 2. The van der Waals surface area contributed by atoms with Gasteiger partial charge in [0.05, 0.1) is 5.52 Å². The lowest BCUT2D eigenvalue weighted by Crippen LogP contribution is -2.17. The van der Waals surface area contributed by atoms with Crippen LogP contribution in [0.15, 0.2) is 36.5 Å². The van der Waals surface area contributed by atoms with Crippen molar-refractivity contribution in [1.29, 1.82) is 0 Å². The normalized spacial score (nSPS) is 10.8. The number of hydrogen-bond donors (Lipinski definition) is 1. The summed E-state index contributed by atoms with van der Waals surface area (Å²) in [5.74, 6) is 0. The van der Waals surface area contributed by atoms with E-state index in [1.807, 2.05) is 12.3 Å². The summed E-state index contributed by atoms with van der Waals surface area (Å²) >= 11 is 0. The second-order valence-corrected chi connectivity index (χ2v) is 4.03. The van der Waals surface area contributed by atoms with E-state index < -0.39 is 0 Å². The fraction of sp³-hybridized carbons (Fsp3) is 0.357. The fourth-order valence-corrected chi connectivity index (χ4v) is 1.80. The molecule has 0 saturated heterocycles. The first-order chi connectivity index (χ1) is 7.90. The molecule has 0 amide bonds. The minimum Gasteiger partial charge on any atom is -0.316 e. The van der Waals surface area contributed by atoms with Crippen LogP contribution in [0.2, 0.25) is 0 Å². The van der Waals surface area contributed by atoms with Crippen LogP contribution in [0.1, 0.15) is 18.9 Å². The van der Waals surface area contributed by atoms with Crippen LogP contribution in [0.5, 0.6) is 0 Å². The molecule has 84 valence electrons. The minimum absolute atomic E-state index is 1.05. The summed E-state index contributed by atoms with van der Waals surface area (Å²) in [6.07, 6.45) is 4.12. The molecule has 0 atom stereocenters. The zero-order valence-corrected chi connectivity index (χ0v) is 9.74. The molecular weight excluding hydrogens is 196 g/mol. The molecule has 2 aromatic rings.